The molecule has 20 heavy (non-hydrogen) atoms. The molecule has 1 aromatic carbocycles. The van der Waals surface area contributed by atoms with Gasteiger partial charge in [-0.3, -0.25) is 4.79 Å². The number of hydrogen-bond acceptors (Lipinski definition) is 2. The number of carboxylic acid groups (broad SMARTS) is 1. The van der Waals surface area contributed by atoms with Gasteiger partial charge in [-0.25, -0.2) is 4.79 Å². The Morgan fingerprint density at radius 1 is 1.25 bits per heavy atom. The zero-order valence-corrected chi connectivity index (χ0v) is 11.6. The summed E-state index contributed by atoms with van der Waals surface area (Å²) in [5, 5.41) is 14.7. The molecule has 1 aliphatic rings. The average molecular weight is 276 g/mol. The Labute approximate surface area is 118 Å². The van der Waals surface area contributed by atoms with Crippen molar-refractivity contribution in [2.75, 3.05) is 13.1 Å². The molecule has 1 saturated carbocycles. The van der Waals surface area contributed by atoms with Crippen LogP contribution in [0.5, 0.6) is 0 Å². The summed E-state index contributed by atoms with van der Waals surface area (Å²) in [7, 11) is 0. The Bertz CT molecular complexity index is 483. The number of benzene rings is 1. The highest BCUT2D eigenvalue weighted by atomic mass is 16.4. The second kappa shape index (κ2) is 5.94. The highest BCUT2D eigenvalue weighted by Gasteiger charge is 2.37. The fourth-order valence-electron chi connectivity index (χ4n) is 1.97. The minimum atomic E-state index is -0.939. The standard InChI is InChI=1S/C15H20N2O3/c1-15(7-8-15)10-17-14(20)16-9-12(13(18)19)11-5-3-2-4-6-11/h2-6,12H,7-10H2,1H3,(H,18,19)(H2,16,17,20). The lowest BCUT2D eigenvalue weighted by Gasteiger charge is -2.15. The van der Waals surface area contributed by atoms with E-state index in [1.807, 2.05) is 6.07 Å². The first-order valence-electron chi connectivity index (χ1n) is 6.80. The summed E-state index contributed by atoms with van der Waals surface area (Å²) >= 11 is 0. The molecule has 2 amide bonds. The highest BCUT2D eigenvalue weighted by Crippen LogP contribution is 2.43. The molecule has 1 fully saturated rings. The van der Waals surface area contributed by atoms with Gasteiger partial charge in [0.05, 0.1) is 5.92 Å². The van der Waals surface area contributed by atoms with E-state index in [9.17, 15) is 14.7 Å². The smallest absolute Gasteiger partial charge is 0.314 e. The normalized spacial score (nSPS) is 17.1. The summed E-state index contributed by atoms with van der Waals surface area (Å²) < 4.78 is 0. The molecule has 0 aromatic heterocycles. The van der Waals surface area contributed by atoms with E-state index in [1.54, 1.807) is 24.3 Å². The van der Waals surface area contributed by atoms with Gasteiger partial charge in [0.15, 0.2) is 0 Å². The maximum absolute atomic E-state index is 11.7. The third-order valence-corrected chi connectivity index (χ3v) is 3.75. The number of aliphatic carboxylic acids is 1. The SMILES string of the molecule is CC1(CNC(=O)NCC(C(=O)O)c2ccccc2)CC1. The van der Waals surface area contributed by atoms with Gasteiger partial charge in [0.1, 0.15) is 0 Å². The fraction of sp³-hybridized carbons (Fsp3) is 0.467. The van der Waals surface area contributed by atoms with E-state index >= 15 is 0 Å². The summed E-state index contributed by atoms with van der Waals surface area (Å²) in [6, 6.07) is 8.62. The van der Waals surface area contributed by atoms with E-state index in [2.05, 4.69) is 17.6 Å². The van der Waals surface area contributed by atoms with Crippen molar-refractivity contribution in [1.29, 1.82) is 0 Å². The minimum absolute atomic E-state index is 0.0852. The summed E-state index contributed by atoms with van der Waals surface area (Å²) in [4.78, 5) is 22.9. The molecule has 0 heterocycles. The van der Waals surface area contributed by atoms with Gasteiger partial charge < -0.3 is 15.7 Å². The summed E-state index contributed by atoms with van der Waals surface area (Å²) in [5.41, 5.74) is 0.928. The maximum Gasteiger partial charge on any atom is 0.314 e. The predicted molar refractivity (Wildman–Crippen MR) is 75.6 cm³/mol. The molecule has 1 atom stereocenters. The van der Waals surface area contributed by atoms with Gasteiger partial charge >= 0.3 is 12.0 Å². The first-order chi connectivity index (χ1) is 9.50. The number of amides is 2. The summed E-state index contributed by atoms with van der Waals surface area (Å²) in [6.45, 7) is 2.85. The maximum atomic E-state index is 11.7. The van der Waals surface area contributed by atoms with Crippen molar-refractivity contribution in [2.24, 2.45) is 5.41 Å². The first-order valence-corrected chi connectivity index (χ1v) is 6.80. The topological polar surface area (TPSA) is 78.4 Å². The molecule has 1 aromatic rings. The van der Waals surface area contributed by atoms with Gasteiger partial charge in [0, 0.05) is 13.1 Å². The van der Waals surface area contributed by atoms with Crippen molar-refractivity contribution < 1.29 is 14.7 Å². The number of carbonyl (C=O) groups is 2. The molecule has 0 spiro atoms. The van der Waals surface area contributed by atoms with Gasteiger partial charge in [-0.05, 0) is 23.8 Å². The first kappa shape index (κ1) is 14.4. The third-order valence-electron chi connectivity index (χ3n) is 3.75. The Balaban J connectivity index is 1.83. The van der Waals surface area contributed by atoms with Crippen LogP contribution in [0.3, 0.4) is 0 Å². The van der Waals surface area contributed by atoms with Crippen molar-refractivity contribution in [2.45, 2.75) is 25.7 Å². The predicted octanol–water partition coefficient (Wildman–Crippen LogP) is 1.95. The molecule has 0 radical (unpaired) electrons. The van der Waals surface area contributed by atoms with Crippen LogP contribution >= 0.6 is 0 Å². The molecule has 1 unspecified atom stereocenters. The molecule has 0 saturated heterocycles. The second-order valence-electron chi connectivity index (χ2n) is 5.68. The summed E-state index contributed by atoms with van der Waals surface area (Å²) in [6.07, 6.45) is 2.27. The van der Waals surface area contributed by atoms with E-state index in [0.717, 1.165) is 12.8 Å². The number of hydrogen-bond donors (Lipinski definition) is 3. The Kier molecular flexibility index (Phi) is 4.27. The van der Waals surface area contributed by atoms with E-state index in [1.165, 1.54) is 0 Å². The van der Waals surface area contributed by atoms with Gasteiger partial charge in [-0.1, -0.05) is 37.3 Å². The van der Waals surface area contributed by atoms with Crippen LogP contribution in [0.2, 0.25) is 0 Å². The molecule has 5 nitrogen and oxygen atoms in total. The van der Waals surface area contributed by atoms with E-state index < -0.39 is 11.9 Å². The minimum Gasteiger partial charge on any atom is -0.481 e. The van der Waals surface area contributed by atoms with Crippen molar-refractivity contribution in [3.63, 3.8) is 0 Å². The Hall–Kier alpha value is -2.04. The lowest BCUT2D eigenvalue weighted by atomic mass is 9.99. The fourth-order valence-corrected chi connectivity index (χ4v) is 1.97. The zero-order chi connectivity index (χ0) is 14.6. The van der Waals surface area contributed by atoms with Crippen LogP contribution in [0.4, 0.5) is 4.79 Å². The van der Waals surface area contributed by atoms with Crippen LogP contribution in [0.1, 0.15) is 31.2 Å². The molecule has 3 N–H and O–H groups in total. The van der Waals surface area contributed by atoms with Crippen LogP contribution in [-0.2, 0) is 4.79 Å². The molecule has 1 aliphatic carbocycles. The molecule has 2 rings (SSSR count). The monoisotopic (exact) mass is 276 g/mol. The lowest BCUT2D eigenvalue weighted by molar-refractivity contribution is -0.138. The molecule has 5 heteroatoms. The Morgan fingerprint density at radius 3 is 2.45 bits per heavy atom. The largest absolute Gasteiger partial charge is 0.481 e. The molecular formula is C15H20N2O3. The highest BCUT2D eigenvalue weighted by molar-refractivity contribution is 5.79. The number of urea groups is 1. The van der Waals surface area contributed by atoms with Crippen LogP contribution in [-0.4, -0.2) is 30.2 Å². The van der Waals surface area contributed by atoms with E-state index in [4.69, 9.17) is 0 Å². The summed E-state index contributed by atoms with van der Waals surface area (Å²) in [5.74, 6) is -1.66. The zero-order valence-electron chi connectivity index (χ0n) is 11.6. The average Bonchev–Trinajstić information content (AvgIpc) is 3.16. The number of nitrogens with one attached hydrogen (secondary N) is 2. The van der Waals surface area contributed by atoms with Crippen LogP contribution in [0.15, 0.2) is 30.3 Å². The van der Waals surface area contributed by atoms with Crippen LogP contribution in [0.25, 0.3) is 0 Å². The van der Waals surface area contributed by atoms with Crippen LogP contribution in [0, 0.1) is 5.41 Å². The van der Waals surface area contributed by atoms with Gasteiger partial charge in [0.25, 0.3) is 0 Å². The number of carbonyl (C=O) groups excluding carboxylic acids is 1. The second-order valence-corrected chi connectivity index (χ2v) is 5.68. The van der Waals surface area contributed by atoms with Gasteiger partial charge in [-0.2, -0.15) is 0 Å². The van der Waals surface area contributed by atoms with E-state index in [0.29, 0.717) is 12.1 Å². The quantitative estimate of drug-likeness (QED) is 0.743. The third kappa shape index (κ3) is 3.98. The van der Waals surface area contributed by atoms with Crippen molar-refractivity contribution in [3.05, 3.63) is 35.9 Å². The van der Waals surface area contributed by atoms with Gasteiger partial charge in [0.2, 0.25) is 0 Å². The van der Waals surface area contributed by atoms with Gasteiger partial charge in [-0.15, -0.1) is 0 Å². The van der Waals surface area contributed by atoms with Crippen molar-refractivity contribution in [3.8, 4) is 0 Å². The molecule has 108 valence electrons. The number of carboxylic acids is 1. The molecule has 0 bridgehead atoms. The van der Waals surface area contributed by atoms with Crippen molar-refractivity contribution >= 4 is 12.0 Å². The number of rotatable bonds is 6. The Morgan fingerprint density at radius 2 is 1.90 bits per heavy atom. The van der Waals surface area contributed by atoms with Crippen molar-refractivity contribution in [1.82, 2.24) is 10.6 Å². The molecular weight excluding hydrogens is 256 g/mol. The van der Waals surface area contributed by atoms with Crippen LogP contribution < -0.4 is 10.6 Å². The lowest BCUT2D eigenvalue weighted by Crippen LogP contribution is -2.41. The van der Waals surface area contributed by atoms with E-state index in [-0.39, 0.29) is 18.0 Å². The molecule has 0 aliphatic heterocycles.